The Labute approximate surface area is 285 Å². The van der Waals surface area contributed by atoms with Gasteiger partial charge in [-0.05, 0) is 62.7 Å². The van der Waals surface area contributed by atoms with Crippen molar-refractivity contribution < 1.29 is 0 Å². The lowest BCUT2D eigenvalue weighted by Crippen LogP contribution is -2.47. The summed E-state index contributed by atoms with van der Waals surface area (Å²) in [5.74, 6) is 0. The zero-order valence-electron chi connectivity index (χ0n) is 35.9. The molecule has 0 aromatic rings. The Balaban J connectivity index is -0.000000171. The molecule has 0 aliphatic carbocycles. The molecule has 1 saturated heterocycles. The van der Waals surface area contributed by atoms with Crippen LogP contribution in [-0.2, 0) is 0 Å². The lowest BCUT2D eigenvalue weighted by Gasteiger charge is -2.35. The van der Waals surface area contributed by atoms with Crippen LogP contribution >= 0.6 is 0 Å². The fraction of sp³-hybridized carbons (Fsp3) is 1.00. The van der Waals surface area contributed by atoms with E-state index in [1.165, 1.54) is 0 Å². The maximum Gasteiger partial charge on any atom is 0.0113 e. The normalized spacial score (nSPS) is 17.3. The van der Waals surface area contributed by atoms with E-state index in [1.807, 2.05) is 96.9 Å². The third-order valence-electron chi connectivity index (χ3n) is 6.80. The Morgan fingerprint density at radius 3 is 0.500 bits per heavy atom. The molecule has 1 rings (SSSR count). The van der Waals surface area contributed by atoms with Crippen LogP contribution in [0.3, 0.4) is 0 Å². The Hall–Kier alpha value is -0.240. The van der Waals surface area contributed by atoms with Crippen LogP contribution in [0.4, 0.5) is 0 Å². The molecule has 0 bridgehead atoms. The molecule has 0 unspecified atom stereocenters. The second kappa shape index (κ2) is 49.6. The van der Waals surface area contributed by atoms with E-state index in [2.05, 4.69) is 92.1 Å². The van der Waals surface area contributed by atoms with Gasteiger partial charge in [-0.3, -0.25) is 14.7 Å². The van der Waals surface area contributed by atoms with E-state index in [1.54, 1.807) is 0 Å². The average Bonchev–Trinajstić information content (AvgIpc) is 3.06. The fourth-order valence-electron chi connectivity index (χ4n) is 4.01. The quantitative estimate of drug-likeness (QED) is 0.306. The van der Waals surface area contributed by atoms with Crippen molar-refractivity contribution in [3.8, 4) is 0 Å². The summed E-state index contributed by atoms with van der Waals surface area (Å²) >= 11 is 0. The molecule has 1 aliphatic rings. The van der Waals surface area contributed by atoms with Crippen molar-refractivity contribution >= 4 is 0 Å². The molecule has 0 amide bonds. The molecule has 0 saturated carbocycles. The Bertz CT molecular complexity index is 432. The fourth-order valence-corrected chi connectivity index (χ4v) is 4.01. The van der Waals surface area contributed by atoms with Gasteiger partial charge < -0.3 is 14.7 Å². The first kappa shape index (κ1) is 59.2. The molecule has 278 valence electrons. The molecule has 1 aliphatic heterocycles. The summed E-state index contributed by atoms with van der Waals surface area (Å²) < 4.78 is 0. The zero-order chi connectivity index (χ0) is 36.7. The molecule has 44 heavy (non-hydrogen) atoms. The van der Waals surface area contributed by atoms with Crippen LogP contribution in [0.1, 0.15) is 138 Å². The second-order valence-corrected chi connectivity index (χ2v) is 10.3. The Morgan fingerprint density at radius 1 is 0.250 bits per heavy atom. The molecule has 6 nitrogen and oxygen atoms in total. The molecular weight excluding hydrogens is 540 g/mol. The van der Waals surface area contributed by atoms with E-state index in [0.717, 1.165) is 78.5 Å². The number of rotatable bonds is 3. The molecule has 0 spiro atoms. The number of nitrogens with zero attached hydrogens (tertiary/aromatic N) is 6. The Kier molecular flexibility index (Phi) is 66.8. The van der Waals surface area contributed by atoms with Crippen molar-refractivity contribution in [3.05, 3.63) is 0 Å². The molecule has 6 heteroatoms. The van der Waals surface area contributed by atoms with Crippen molar-refractivity contribution in [3.63, 3.8) is 0 Å². The number of hydrogen-bond acceptors (Lipinski definition) is 6. The molecule has 0 N–H and O–H groups in total. The van der Waals surface area contributed by atoms with Crippen molar-refractivity contribution in [1.29, 1.82) is 0 Å². The van der Waals surface area contributed by atoms with Crippen molar-refractivity contribution in [2.75, 3.05) is 99.7 Å². The van der Waals surface area contributed by atoms with E-state index in [0.29, 0.717) is 18.1 Å². The van der Waals surface area contributed by atoms with Crippen LogP contribution in [-0.4, -0.2) is 147 Å². The molecule has 0 aromatic heterocycles. The topological polar surface area (TPSA) is 19.4 Å². The summed E-state index contributed by atoms with van der Waals surface area (Å²) in [5.41, 5.74) is 0. The van der Waals surface area contributed by atoms with Gasteiger partial charge >= 0.3 is 0 Å². The molecule has 1 heterocycles. The number of hydrogen-bond donors (Lipinski definition) is 0. The Morgan fingerprint density at radius 2 is 0.364 bits per heavy atom. The van der Waals surface area contributed by atoms with Crippen LogP contribution < -0.4 is 0 Å². The van der Waals surface area contributed by atoms with Crippen molar-refractivity contribution in [1.82, 2.24) is 29.4 Å². The average molecular weight is 637 g/mol. The van der Waals surface area contributed by atoms with Gasteiger partial charge in [0.2, 0.25) is 0 Å². The summed E-state index contributed by atoms with van der Waals surface area (Å²) in [6, 6.07) is 1.81. The highest BCUT2D eigenvalue weighted by atomic mass is 15.3. The standard InChI is InChI=1S/C24H54N6.7C2H6/c1-22(2)28-16-12-25(7)10-11-26(8)13-18-29(23(3)4)20-21-30(24(5)6)19-15-27(9)14-17-28;7*1-2/h22-24H,10-21H2,1-9H3;7*1-2H3. The van der Waals surface area contributed by atoms with Gasteiger partial charge in [0.25, 0.3) is 0 Å². The van der Waals surface area contributed by atoms with E-state index in [-0.39, 0.29) is 0 Å². The van der Waals surface area contributed by atoms with Gasteiger partial charge in [-0.15, -0.1) is 0 Å². The first-order valence-corrected chi connectivity index (χ1v) is 19.4. The smallest absolute Gasteiger partial charge is 0.0113 e. The first-order valence-electron chi connectivity index (χ1n) is 19.4. The van der Waals surface area contributed by atoms with Crippen LogP contribution in [0.2, 0.25) is 0 Å². The molecular formula is C38H96N6. The summed E-state index contributed by atoms with van der Waals surface area (Å²) in [6.45, 7) is 55.9. The number of likely N-dealkylation sites (N-methyl/N-ethyl adjacent to an activating group) is 3. The van der Waals surface area contributed by atoms with Crippen LogP contribution in [0.25, 0.3) is 0 Å². The van der Waals surface area contributed by atoms with Gasteiger partial charge in [0.1, 0.15) is 0 Å². The third-order valence-corrected chi connectivity index (χ3v) is 6.80. The second-order valence-electron chi connectivity index (χ2n) is 10.3. The van der Waals surface area contributed by atoms with Crippen LogP contribution in [0, 0.1) is 0 Å². The van der Waals surface area contributed by atoms with Gasteiger partial charge in [0.15, 0.2) is 0 Å². The maximum absolute atomic E-state index is 2.66. The lowest BCUT2D eigenvalue weighted by atomic mass is 10.2. The third kappa shape index (κ3) is 39.8. The lowest BCUT2D eigenvalue weighted by molar-refractivity contribution is 0.121. The summed E-state index contributed by atoms with van der Waals surface area (Å²) in [4.78, 5) is 15.5. The van der Waals surface area contributed by atoms with Gasteiger partial charge in [-0.1, -0.05) is 96.9 Å². The molecule has 0 aromatic carbocycles. The predicted octanol–water partition coefficient (Wildman–Crippen LogP) is 9.11. The largest absolute Gasteiger partial charge is 0.304 e. The predicted molar refractivity (Wildman–Crippen MR) is 212 cm³/mol. The van der Waals surface area contributed by atoms with Gasteiger partial charge in [-0.2, -0.15) is 0 Å². The minimum atomic E-state index is 0.600. The minimum Gasteiger partial charge on any atom is -0.304 e. The summed E-state index contributed by atoms with van der Waals surface area (Å²) in [7, 11) is 6.84. The minimum absolute atomic E-state index is 0.600. The molecule has 0 atom stereocenters. The van der Waals surface area contributed by atoms with Crippen molar-refractivity contribution in [2.45, 2.75) is 157 Å². The van der Waals surface area contributed by atoms with E-state index in [9.17, 15) is 0 Å². The molecule has 1 fully saturated rings. The van der Waals surface area contributed by atoms with E-state index in [4.69, 9.17) is 0 Å². The SMILES string of the molecule is CC.CC.CC.CC.CC.CC.CC.CC(C)N1CCN(C)CCN(C)CCN(C(C)C)CCN(C(C)C)CCN(C)CC1. The van der Waals surface area contributed by atoms with E-state index < -0.39 is 0 Å². The van der Waals surface area contributed by atoms with E-state index >= 15 is 0 Å². The van der Waals surface area contributed by atoms with Crippen LogP contribution in [0.5, 0.6) is 0 Å². The maximum atomic E-state index is 2.66. The molecule has 0 radical (unpaired) electrons. The summed E-state index contributed by atoms with van der Waals surface area (Å²) in [5, 5.41) is 0. The van der Waals surface area contributed by atoms with Crippen molar-refractivity contribution in [2.24, 2.45) is 0 Å². The zero-order valence-corrected chi connectivity index (χ0v) is 35.9. The van der Waals surface area contributed by atoms with Gasteiger partial charge in [0, 0.05) is 96.7 Å². The van der Waals surface area contributed by atoms with Gasteiger partial charge in [0.05, 0.1) is 0 Å². The van der Waals surface area contributed by atoms with Crippen LogP contribution in [0.15, 0.2) is 0 Å². The highest BCUT2D eigenvalue weighted by Gasteiger charge is 2.17. The highest BCUT2D eigenvalue weighted by molar-refractivity contribution is 4.73. The summed E-state index contributed by atoms with van der Waals surface area (Å²) in [6.07, 6.45) is 0. The monoisotopic (exact) mass is 637 g/mol. The first-order chi connectivity index (χ1) is 21.1. The highest BCUT2D eigenvalue weighted by Crippen LogP contribution is 2.05. The van der Waals surface area contributed by atoms with Gasteiger partial charge in [-0.25, -0.2) is 0 Å².